The predicted molar refractivity (Wildman–Crippen MR) is 103 cm³/mol. The number of likely N-dealkylation sites (tertiary alicyclic amines) is 1. The van der Waals surface area contributed by atoms with Crippen molar-refractivity contribution in [1.29, 1.82) is 0 Å². The topological polar surface area (TPSA) is 66.0 Å². The number of aliphatic imine (C=N–C) groups is 1. The quantitative estimate of drug-likeness (QED) is 0.434. The highest BCUT2D eigenvalue weighted by Gasteiger charge is 2.27. The molecule has 1 amide bonds. The van der Waals surface area contributed by atoms with Gasteiger partial charge >= 0.3 is 6.09 Å². The first kappa shape index (κ1) is 20.9. The lowest BCUT2D eigenvalue weighted by molar-refractivity contribution is 0.0162. The molecule has 6 nitrogen and oxygen atoms in total. The first-order valence-corrected chi connectivity index (χ1v) is 10.2. The summed E-state index contributed by atoms with van der Waals surface area (Å²) < 4.78 is 5.48. The molecule has 140 valence electrons. The molecule has 1 aliphatic rings. The van der Waals surface area contributed by atoms with Crippen LogP contribution in [0.5, 0.6) is 0 Å². The third kappa shape index (κ3) is 8.66. The van der Waals surface area contributed by atoms with Crippen LogP contribution in [0.4, 0.5) is 4.79 Å². The Kier molecular flexibility index (Phi) is 9.33. The largest absolute Gasteiger partial charge is 0.444 e. The summed E-state index contributed by atoms with van der Waals surface area (Å²) in [6.45, 7) is 9.10. The third-order valence-corrected chi connectivity index (χ3v) is 4.45. The molecule has 0 aromatic heterocycles. The van der Waals surface area contributed by atoms with Crippen molar-refractivity contribution in [3.05, 3.63) is 0 Å². The molecule has 2 N–H and O–H groups in total. The van der Waals surface area contributed by atoms with Crippen LogP contribution in [0.3, 0.4) is 0 Å². The molecule has 0 radical (unpaired) electrons. The minimum atomic E-state index is -0.430. The average Bonchev–Trinajstić information content (AvgIpc) is 2.52. The normalized spacial score (nSPS) is 19.1. The van der Waals surface area contributed by atoms with E-state index in [0.717, 1.165) is 50.7 Å². The molecular formula is C17H34N4O2S. The number of carbonyl (C=O) groups is 1. The maximum atomic E-state index is 12.2. The molecule has 0 spiro atoms. The van der Waals surface area contributed by atoms with Crippen LogP contribution in [0.15, 0.2) is 4.99 Å². The van der Waals surface area contributed by atoms with Crippen molar-refractivity contribution in [2.45, 2.75) is 45.6 Å². The number of nitrogens with zero attached hydrogens (tertiary/aromatic N) is 2. The van der Waals surface area contributed by atoms with E-state index >= 15 is 0 Å². The number of amides is 1. The summed E-state index contributed by atoms with van der Waals surface area (Å²) in [5.74, 6) is 2.43. The molecule has 1 aliphatic heterocycles. The number of guanidine groups is 1. The van der Waals surface area contributed by atoms with E-state index in [-0.39, 0.29) is 6.09 Å². The average molecular weight is 359 g/mol. The summed E-state index contributed by atoms with van der Waals surface area (Å²) in [6.07, 6.45) is 5.15. The molecule has 1 rings (SSSR count). The Hall–Kier alpha value is -1.11. The SMILES string of the molecule is CN=C(NCCSC)NCCC1CCCN(C(=O)OC(C)(C)C)C1. The van der Waals surface area contributed by atoms with E-state index in [1.165, 1.54) is 6.42 Å². The first-order chi connectivity index (χ1) is 11.4. The maximum Gasteiger partial charge on any atom is 0.410 e. The van der Waals surface area contributed by atoms with Crippen LogP contribution in [0.1, 0.15) is 40.0 Å². The van der Waals surface area contributed by atoms with Crippen LogP contribution in [-0.2, 0) is 4.74 Å². The summed E-state index contributed by atoms with van der Waals surface area (Å²) >= 11 is 1.81. The van der Waals surface area contributed by atoms with Crippen molar-refractivity contribution in [3.63, 3.8) is 0 Å². The molecule has 0 saturated carbocycles. The molecule has 1 heterocycles. The van der Waals surface area contributed by atoms with Crippen molar-refractivity contribution < 1.29 is 9.53 Å². The number of nitrogens with one attached hydrogen (secondary N) is 2. The predicted octanol–water partition coefficient (Wildman–Crippen LogP) is 2.55. The summed E-state index contributed by atoms with van der Waals surface area (Å²) in [7, 11) is 1.79. The Balaban J connectivity index is 2.31. The summed E-state index contributed by atoms with van der Waals surface area (Å²) in [5, 5.41) is 6.65. The van der Waals surface area contributed by atoms with Gasteiger partial charge in [0.2, 0.25) is 0 Å². The highest BCUT2D eigenvalue weighted by molar-refractivity contribution is 7.98. The van der Waals surface area contributed by atoms with Crippen LogP contribution < -0.4 is 10.6 Å². The van der Waals surface area contributed by atoms with Gasteiger partial charge in [0, 0.05) is 39.0 Å². The number of hydrogen-bond acceptors (Lipinski definition) is 4. The van der Waals surface area contributed by atoms with Gasteiger partial charge in [-0.15, -0.1) is 0 Å². The molecule has 0 aromatic rings. The second kappa shape index (κ2) is 10.7. The van der Waals surface area contributed by atoms with Gasteiger partial charge in [0.05, 0.1) is 0 Å². The van der Waals surface area contributed by atoms with E-state index in [2.05, 4.69) is 21.9 Å². The van der Waals surface area contributed by atoms with Crippen LogP contribution in [0.2, 0.25) is 0 Å². The van der Waals surface area contributed by atoms with Gasteiger partial charge in [-0.2, -0.15) is 11.8 Å². The van der Waals surface area contributed by atoms with Gasteiger partial charge in [0.1, 0.15) is 5.60 Å². The Bertz CT molecular complexity index is 410. The van der Waals surface area contributed by atoms with Crippen molar-refractivity contribution in [3.8, 4) is 0 Å². The Morgan fingerprint density at radius 1 is 1.33 bits per heavy atom. The molecule has 0 aliphatic carbocycles. The number of thioether (sulfide) groups is 1. The van der Waals surface area contributed by atoms with E-state index in [9.17, 15) is 4.79 Å². The zero-order chi connectivity index (χ0) is 18.0. The van der Waals surface area contributed by atoms with E-state index in [4.69, 9.17) is 4.74 Å². The number of ether oxygens (including phenoxy) is 1. The van der Waals surface area contributed by atoms with Gasteiger partial charge in [0.15, 0.2) is 5.96 Å². The second-order valence-corrected chi connectivity index (χ2v) is 8.13. The number of hydrogen-bond donors (Lipinski definition) is 2. The van der Waals surface area contributed by atoms with Gasteiger partial charge in [-0.25, -0.2) is 4.79 Å². The number of carbonyl (C=O) groups excluding carboxylic acids is 1. The molecular weight excluding hydrogens is 324 g/mol. The van der Waals surface area contributed by atoms with Crippen molar-refractivity contribution in [2.24, 2.45) is 10.9 Å². The number of rotatable bonds is 6. The second-order valence-electron chi connectivity index (χ2n) is 7.14. The molecule has 24 heavy (non-hydrogen) atoms. The lowest BCUT2D eigenvalue weighted by Gasteiger charge is -2.34. The Morgan fingerprint density at radius 2 is 2.04 bits per heavy atom. The molecule has 0 aromatic carbocycles. The number of piperidine rings is 1. The molecule has 1 fully saturated rings. The lowest BCUT2D eigenvalue weighted by atomic mass is 9.95. The van der Waals surface area contributed by atoms with Crippen LogP contribution in [0, 0.1) is 5.92 Å². The van der Waals surface area contributed by atoms with Gasteiger partial charge in [-0.3, -0.25) is 4.99 Å². The van der Waals surface area contributed by atoms with Crippen molar-refractivity contribution in [1.82, 2.24) is 15.5 Å². The molecule has 1 atom stereocenters. The van der Waals surface area contributed by atoms with Gasteiger partial charge in [-0.1, -0.05) is 0 Å². The van der Waals surface area contributed by atoms with E-state index in [1.54, 1.807) is 7.05 Å². The summed E-state index contributed by atoms with van der Waals surface area (Å²) in [6, 6.07) is 0. The van der Waals surface area contributed by atoms with E-state index in [0.29, 0.717) is 5.92 Å². The van der Waals surface area contributed by atoms with Crippen LogP contribution in [0.25, 0.3) is 0 Å². The summed E-state index contributed by atoms with van der Waals surface area (Å²) in [5.41, 5.74) is -0.430. The zero-order valence-corrected chi connectivity index (χ0v) is 16.7. The first-order valence-electron chi connectivity index (χ1n) is 8.77. The molecule has 1 saturated heterocycles. The van der Waals surface area contributed by atoms with Crippen molar-refractivity contribution in [2.75, 3.05) is 45.2 Å². The minimum Gasteiger partial charge on any atom is -0.444 e. The van der Waals surface area contributed by atoms with Crippen LogP contribution >= 0.6 is 11.8 Å². The third-order valence-electron chi connectivity index (χ3n) is 3.84. The molecule has 7 heteroatoms. The van der Waals surface area contributed by atoms with Gasteiger partial charge in [0.25, 0.3) is 0 Å². The summed E-state index contributed by atoms with van der Waals surface area (Å²) in [4.78, 5) is 18.3. The highest BCUT2D eigenvalue weighted by atomic mass is 32.2. The standard InChI is InChI=1S/C17H34N4O2S/c1-17(2,3)23-16(22)21-11-6-7-14(13-21)8-9-19-15(18-4)20-10-12-24-5/h14H,6-13H2,1-5H3,(H2,18,19,20). The van der Waals surface area contributed by atoms with Gasteiger partial charge < -0.3 is 20.3 Å². The lowest BCUT2D eigenvalue weighted by Crippen LogP contribution is -2.44. The Morgan fingerprint density at radius 3 is 2.67 bits per heavy atom. The van der Waals surface area contributed by atoms with Crippen molar-refractivity contribution >= 4 is 23.8 Å². The monoisotopic (exact) mass is 358 g/mol. The molecule has 0 bridgehead atoms. The smallest absolute Gasteiger partial charge is 0.410 e. The van der Waals surface area contributed by atoms with Gasteiger partial charge in [-0.05, 0) is 52.2 Å². The van der Waals surface area contributed by atoms with Crippen LogP contribution in [-0.4, -0.2) is 67.8 Å². The Labute approximate surface area is 151 Å². The highest BCUT2D eigenvalue weighted by Crippen LogP contribution is 2.21. The molecule has 1 unspecified atom stereocenters. The fourth-order valence-corrected chi connectivity index (χ4v) is 2.99. The maximum absolute atomic E-state index is 12.2. The zero-order valence-electron chi connectivity index (χ0n) is 15.9. The van der Waals surface area contributed by atoms with E-state index in [1.807, 2.05) is 37.4 Å². The minimum absolute atomic E-state index is 0.185. The fraction of sp³-hybridized carbons (Fsp3) is 0.882. The van der Waals surface area contributed by atoms with E-state index < -0.39 is 5.60 Å². The fourth-order valence-electron chi connectivity index (χ4n) is 2.68.